The highest BCUT2D eigenvalue weighted by Crippen LogP contribution is 2.25. The molecule has 1 fully saturated rings. The average Bonchev–Trinajstić information content (AvgIpc) is 2.45. The molecule has 1 aliphatic carbocycles. The molecule has 1 aliphatic rings. The molecule has 0 unspecified atom stereocenters. The molecule has 2 N–H and O–H groups in total. The molecule has 2 heteroatoms. The summed E-state index contributed by atoms with van der Waals surface area (Å²) in [6, 6.07) is 8.18. The Balaban J connectivity index is 1.65. The highest BCUT2D eigenvalue weighted by molar-refractivity contribution is 5.22. The third-order valence-corrected chi connectivity index (χ3v) is 3.96. The van der Waals surface area contributed by atoms with E-state index in [1.807, 2.05) is 12.1 Å². The summed E-state index contributed by atoms with van der Waals surface area (Å²) in [6.45, 7) is 2.17. The fourth-order valence-electron chi connectivity index (χ4n) is 2.85. The van der Waals surface area contributed by atoms with Gasteiger partial charge in [-0.25, -0.2) is 0 Å². The quantitative estimate of drug-likeness (QED) is 0.756. The predicted molar refractivity (Wildman–Crippen MR) is 75.3 cm³/mol. The molecule has 0 saturated heterocycles. The van der Waals surface area contributed by atoms with E-state index in [1.165, 1.54) is 44.1 Å². The number of benzene rings is 1. The maximum absolute atomic E-state index is 9.08. The average molecular weight is 247 g/mol. The lowest BCUT2D eigenvalue weighted by Crippen LogP contribution is -2.19. The third kappa shape index (κ3) is 4.43. The van der Waals surface area contributed by atoms with Gasteiger partial charge in [0.2, 0.25) is 0 Å². The van der Waals surface area contributed by atoms with Crippen LogP contribution in [-0.4, -0.2) is 11.7 Å². The lowest BCUT2D eigenvalue weighted by Gasteiger charge is -2.21. The van der Waals surface area contributed by atoms with Crippen molar-refractivity contribution >= 4 is 0 Å². The second-order valence-corrected chi connectivity index (χ2v) is 5.45. The summed E-state index contributed by atoms with van der Waals surface area (Å²) >= 11 is 0. The van der Waals surface area contributed by atoms with Crippen molar-refractivity contribution in [2.45, 2.75) is 51.7 Å². The van der Waals surface area contributed by atoms with Crippen LogP contribution in [0.2, 0.25) is 0 Å². The molecule has 0 amide bonds. The summed E-state index contributed by atoms with van der Waals surface area (Å²) in [5.74, 6) is 0.954. The van der Waals surface area contributed by atoms with E-state index in [9.17, 15) is 0 Å². The van der Waals surface area contributed by atoms with Gasteiger partial charge < -0.3 is 10.4 Å². The smallest absolute Gasteiger partial charge is 0.0681 e. The molecule has 2 rings (SSSR count). The molecule has 0 spiro atoms. The van der Waals surface area contributed by atoms with E-state index in [4.69, 9.17) is 5.11 Å². The fourth-order valence-corrected chi connectivity index (χ4v) is 2.85. The molecule has 0 radical (unpaired) electrons. The van der Waals surface area contributed by atoms with Crippen LogP contribution in [0.3, 0.4) is 0 Å². The Bertz CT molecular complexity index is 345. The van der Waals surface area contributed by atoms with Crippen LogP contribution < -0.4 is 5.32 Å². The summed E-state index contributed by atoms with van der Waals surface area (Å²) in [6.07, 6.45) is 8.49. The van der Waals surface area contributed by atoms with Gasteiger partial charge in [0, 0.05) is 6.54 Å². The van der Waals surface area contributed by atoms with Gasteiger partial charge in [-0.1, -0.05) is 56.4 Å². The van der Waals surface area contributed by atoms with Gasteiger partial charge >= 0.3 is 0 Å². The van der Waals surface area contributed by atoms with E-state index in [2.05, 4.69) is 17.4 Å². The first-order chi connectivity index (χ1) is 8.88. The zero-order valence-corrected chi connectivity index (χ0v) is 11.2. The minimum absolute atomic E-state index is 0.135. The first-order valence-electron chi connectivity index (χ1n) is 7.28. The maximum atomic E-state index is 9.08. The van der Waals surface area contributed by atoms with Crippen LogP contribution in [0, 0.1) is 5.92 Å². The zero-order chi connectivity index (χ0) is 12.6. The Morgan fingerprint density at radius 2 is 1.89 bits per heavy atom. The Kier molecular flexibility index (Phi) is 5.69. The second kappa shape index (κ2) is 7.55. The lowest BCUT2D eigenvalue weighted by molar-refractivity contribution is 0.281. The Hall–Kier alpha value is -0.860. The Labute approximate surface area is 110 Å². The minimum Gasteiger partial charge on any atom is -0.392 e. The van der Waals surface area contributed by atoms with Crippen LogP contribution in [0.4, 0.5) is 0 Å². The number of hydrogen-bond acceptors (Lipinski definition) is 2. The van der Waals surface area contributed by atoms with Gasteiger partial charge in [-0.3, -0.25) is 0 Å². The second-order valence-electron chi connectivity index (χ2n) is 5.45. The van der Waals surface area contributed by atoms with E-state index in [0.29, 0.717) is 0 Å². The number of rotatable bonds is 6. The summed E-state index contributed by atoms with van der Waals surface area (Å²) in [7, 11) is 0. The standard InChI is InChI=1S/C16H25NO/c18-13-16-8-4-7-15(11-16)12-17-10-9-14-5-2-1-3-6-14/h4,7-8,11,14,17-18H,1-3,5-6,9-10,12-13H2. The summed E-state index contributed by atoms with van der Waals surface area (Å²) < 4.78 is 0. The lowest BCUT2D eigenvalue weighted by atomic mass is 9.87. The van der Waals surface area contributed by atoms with E-state index in [1.54, 1.807) is 0 Å². The van der Waals surface area contributed by atoms with Gasteiger partial charge in [-0.2, -0.15) is 0 Å². The number of hydrogen-bond donors (Lipinski definition) is 2. The van der Waals surface area contributed by atoms with Crippen LogP contribution in [-0.2, 0) is 13.2 Å². The maximum Gasteiger partial charge on any atom is 0.0681 e. The molecule has 1 aromatic carbocycles. The van der Waals surface area contributed by atoms with Crippen molar-refractivity contribution in [1.29, 1.82) is 0 Å². The van der Waals surface area contributed by atoms with Crippen molar-refractivity contribution in [1.82, 2.24) is 5.32 Å². The van der Waals surface area contributed by atoms with Crippen molar-refractivity contribution < 1.29 is 5.11 Å². The molecule has 1 saturated carbocycles. The molecule has 2 nitrogen and oxygen atoms in total. The first kappa shape index (κ1) is 13.6. The van der Waals surface area contributed by atoms with Crippen LogP contribution in [0.5, 0.6) is 0 Å². The van der Waals surface area contributed by atoms with Crippen LogP contribution in [0.15, 0.2) is 24.3 Å². The molecular weight excluding hydrogens is 222 g/mol. The van der Waals surface area contributed by atoms with E-state index in [-0.39, 0.29) is 6.61 Å². The summed E-state index contributed by atoms with van der Waals surface area (Å²) in [4.78, 5) is 0. The van der Waals surface area contributed by atoms with E-state index in [0.717, 1.165) is 24.6 Å². The predicted octanol–water partition coefficient (Wildman–Crippen LogP) is 3.24. The van der Waals surface area contributed by atoms with Gasteiger partial charge in [0.05, 0.1) is 6.61 Å². The fraction of sp³-hybridized carbons (Fsp3) is 0.625. The highest BCUT2D eigenvalue weighted by Gasteiger charge is 2.12. The van der Waals surface area contributed by atoms with Crippen LogP contribution >= 0.6 is 0 Å². The molecule has 0 aromatic heterocycles. The summed E-state index contributed by atoms with van der Waals surface area (Å²) in [5, 5.41) is 12.6. The van der Waals surface area contributed by atoms with Crippen molar-refractivity contribution in [2.24, 2.45) is 5.92 Å². The molecule has 0 aliphatic heterocycles. The Morgan fingerprint density at radius 3 is 2.67 bits per heavy atom. The third-order valence-electron chi connectivity index (χ3n) is 3.96. The molecule has 0 bridgehead atoms. The molecule has 100 valence electrons. The monoisotopic (exact) mass is 247 g/mol. The minimum atomic E-state index is 0.135. The van der Waals surface area contributed by atoms with Gasteiger partial charge in [0.1, 0.15) is 0 Å². The first-order valence-corrected chi connectivity index (χ1v) is 7.28. The van der Waals surface area contributed by atoms with Gasteiger partial charge in [-0.05, 0) is 30.0 Å². The van der Waals surface area contributed by atoms with E-state index >= 15 is 0 Å². The van der Waals surface area contributed by atoms with Gasteiger partial charge in [-0.15, -0.1) is 0 Å². The van der Waals surface area contributed by atoms with E-state index < -0.39 is 0 Å². The largest absolute Gasteiger partial charge is 0.392 e. The van der Waals surface area contributed by atoms with Crippen molar-refractivity contribution in [3.05, 3.63) is 35.4 Å². The van der Waals surface area contributed by atoms with Crippen LogP contribution in [0.25, 0.3) is 0 Å². The topological polar surface area (TPSA) is 32.3 Å². The SMILES string of the molecule is OCc1cccc(CNCCC2CCCCC2)c1. The molecule has 0 atom stereocenters. The molecule has 0 heterocycles. The Morgan fingerprint density at radius 1 is 1.11 bits per heavy atom. The highest BCUT2D eigenvalue weighted by atomic mass is 16.3. The van der Waals surface area contributed by atoms with Gasteiger partial charge in [0.15, 0.2) is 0 Å². The number of nitrogens with one attached hydrogen (secondary N) is 1. The zero-order valence-electron chi connectivity index (χ0n) is 11.2. The normalized spacial score (nSPS) is 16.9. The number of aliphatic hydroxyl groups is 1. The van der Waals surface area contributed by atoms with Gasteiger partial charge in [0.25, 0.3) is 0 Å². The molecule has 18 heavy (non-hydrogen) atoms. The van der Waals surface area contributed by atoms with Crippen molar-refractivity contribution in [3.8, 4) is 0 Å². The van der Waals surface area contributed by atoms with Crippen LogP contribution in [0.1, 0.15) is 49.7 Å². The molecular formula is C16H25NO. The summed E-state index contributed by atoms with van der Waals surface area (Å²) in [5.41, 5.74) is 2.27. The number of aliphatic hydroxyl groups excluding tert-OH is 1. The van der Waals surface area contributed by atoms with Crippen molar-refractivity contribution in [2.75, 3.05) is 6.54 Å². The van der Waals surface area contributed by atoms with Crippen molar-refractivity contribution in [3.63, 3.8) is 0 Å². The molecule has 1 aromatic rings.